The van der Waals surface area contributed by atoms with Crippen LogP contribution in [0.5, 0.6) is 0 Å². The molecule has 1 saturated heterocycles. The van der Waals surface area contributed by atoms with Crippen LogP contribution in [0.2, 0.25) is 0 Å². The number of nitro benzene ring substituents is 1. The van der Waals surface area contributed by atoms with Crippen molar-refractivity contribution in [2.24, 2.45) is 0 Å². The number of aromatic nitrogens is 1. The monoisotopic (exact) mass is 335 g/mol. The number of methoxy groups -OCH3 is 1. The number of amides is 1. The van der Waals surface area contributed by atoms with Crippen molar-refractivity contribution >= 4 is 11.8 Å². The topological polar surface area (TPSA) is 98.7 Å². The second-order valence-electron chi connectivity index (χ2n) is 5.51. The highest BCUT2D eigenvalue weighted by Crippen LogP contribution is 2.32. The van der Waals surface area contributed by atoms with Crippen LogP contribution in [0, 0.1) is 22.9 Å². The zero-order valence-corrected chi connectivity index (χ0v) is 13.0. The number of carbonyl (C=O) groups is 1. The fourth-order valence-electron chi connectivity index (χ4n) is 2.53. The summed E-state index contributed by atoms with van der Waals surface area (Å²) in [5.74, 6) is -0.602. The van der Waals surface area contributed by atoms with Gasteiger partial charge in [0.15, 0.2) is 0 Å². The fraction of sp³-hybridized carbons (Fsp3) is 0.333. The summed E-state index contributed by atoms with van der Waals surface area (Å²) < 4.78 is 23.8. The van der Waals surface area contributed by atoms with E-state index in [0.29, 0.717) is 18.8 Å². The fourth-order valence-corrected chi connectivity index (χ4v) is 2.53. The highest BCUT2D eigenvalue weighted by atomic mass is 19.1. The molecule has 1 aromatic heterocycles. The van der Waals surface area contributed by atoms with Crippen molar-refractivity contribution < 1.29 is 23.3 Å². The summed E-state index contributed by atoms with van der Waals surface area (Å²) >= 11 is 0. The summed E-state index contributed by atoms with van der Waals surface area (Å²) in [5, 5.41) is 11.0. The molecule has 0 saturated carbocycles. The van der Waals surface area contributed by atoms with E-state index < -0.39 is 16.8 Å². The summed E-state index contributed by atoms with van der Waals surface area (Å²) in [6.07, 6.45) is 1.00. The Kier molecular flexibility index (Phi) is 3.92. The number of nitro groups is 1. The number of ether oxygens (including phenoxy) is 1. The first-order valence-electron chi connectivity index (χ1n) is 7.14. The number of halogens is 1. The maximum atomic E-state index is 13.9. The van der Waals surface area contributed by atoms with E-state index in [0.717, 1.165) is 6.07 Å². The van der Waals surface area contributed by atoms with Gasteiger partial charge in [0, 0.05) is 30.6 Å². The van der Waals surface area contributed by atoms with Crippen LogP contribution in [0.25, 0.3) is 11.5 Å². The maximum absolute atomic E-state index is 13.9. The Morgan fingerprint density at radius 3 is 2.83 bits per heavy atom. The molecule has 1 aromatic carbocycles. The molecule has 0 aliphatic carbocycles. The highest BCUT2D eigenvalue weighted by Gasteiger charge is 2.34. The molecule has 1 aliphatic rings. The molecule has 126 valence electrons. The van der Waals surface area contributed by atoms with Crippen molar-refractivity contribution in [2.45, 2.75) is 12.8 Å². The van der Waals surface area contributed by atoms with Crippen LogP contribution in [0.15, 0.2) is 22.8 Å². The minimum Gasteiger partial charge on any atom is -0.453 e. The van der Waals surface area contributed by atoms with Crippen LogP contribution in [0.1, 0.15) is 17.2 Å². The first-order valence-corrected chi connectivity index (χ1v) is 7.14. The molecule has 1 amide bonds. The first-order chi connectivity index (χ1) is 11.4. The van der Waals surface area contributed by atoms with Gasteiger partial charge < -0.3 is 14.1 Å². The largest absolute Gasteiger partial charge is 0.453 e. The smallest absolute Gasteiger partial charge is 0.409 e. The van der Waals surface area contributed by atoms with Gasteiger partial charge >= 0.3 is 6.09 Å². The normalized spacial score (nSPS) is 14.4. The number of likely N-dealkylation sites (tertiary alicyclic amines) is 1. The number of nitrogens with zero attached hydrogens (tertiary/aromatic N) is 3. The first kappa shape index (κ1) is 15.9. The van der Waals surface area contributed by atoms with Crippen molar-refractivity contribution in [1.82, 2.24) is 9.88 Å². The zero-order chi connectivity index (χ0) is 17.4. The number of rotatable bonds is 3. The molecule has 24 heavy (non-hydrogen) atoms. The molecular formula is C15H14FN3O5. The van der Waals surface area contributed by atoms with Gasteiger partial charge in [0.05, 0.1) is 23.3 Å². The lowest BCUT2D eigenvalue weighted by Gasteiger charge is -2.36. The molecule has 3 rings (SSSR count). The van der Waals surface area contributed by atoms with Crippen molar-refractivity contribution in [1.29, 1.82) is 0 Å². The van der Waals surface area contributed by atoms with Crippen LogP contribution in [-0.4, -0.2) is 41.1 Å². The molecule has 1 aliphatic heterocycles. The molecule has 0 N–H and O–H groups in total. The average molecular weight is 335 g/mol. The van der Waals surface area contributed by atoms with Gasteiger partial charge in [-0.15, -0.1) is 0 Å². The minimum atomic E-state index is -0.695. The minimum absolute atomic E-state index is 0.00752. The van der Waals surface area contributed by atoms with E-state index >= 15 is 0 Å². The molecule has 0 unspecified atom stereocenters. The summed E-state index contributed by atoms with van der Waals surface area (Å²) in [7, 11) is 1.31. The van der Waals surface area contributed by atoms with Gasteiger partial charge in [-0.25, -0.2) is 14.2 Å². The number of benzene rings is 1. The van der Waals surface area contributed by atoms with Crippen molar-refractivity contribution in [3.8, 4) is 11.5 Å². The van der Waals surface area contributed by atoms with Crippen LogP contribution < -0.4 is 0 Å². The Morgan fingerprint density at radius 1 is 1.50 bits per heavy atom. The molecule has 0 bridgehead atoms. The molecule has 9 heteroatoms. The number of hydrogen-bond donors (Lipinski definition) is 0. The summed E-state index contributed by atoms with van der Waals surface area (Å²) in [6.45, 7) is 2.23. The highest BCUT2D eigenvalue weighted by molar-refractivity contribution is 5.69. The third-order valence-electron chi connectivity index (χ3n) is 4.02. The Labute approximate surface area is 136 Å². The molecule has 2 heterocycles. The quantitative estimate of drug-likeness (QED) is 0.632. The van der Waals surface area contributed by atoms with E-state index in [4.69, 9.17) is 4.42 Å². The standard InChI is InChI=1S/C15H14FN3O5/c1-8-11(16)3-9(4-13(8)19(21)22)14-17-12(7-24-14)10-5-18(6-10)15(20)23-2/h3-4,7,10H,5-6H2,1-2H3. The molecule has 0 spiro atoms. The van der Waals surface area contributed by atoms with E-state index in [1.807, 2.05) is 0 Å². The lowest BCUT2D eigenvalue weighted by molar-refractivity contribution is -0.385. The molecule has 0 atom stereocenters. The van der Waals surface area contributed by atoms with Crippen LogP contribution in [0.4, 0.5) is 14.9 Å². The van der Waals surface area contributed by atoms with Crippen LogP contribution in [-0.2, 0) is 4.74 Å². The average Bonchev–Trinajstić information content (AvgIpc) is 2.97. The number of carbonyl (C=O) groups excluding carboxylic acids is 1. The van der Waals surface area contributed by atoms with Crippen LogP contribution >= 0.6 is 0 Å². The Balaban J connectivity index is 1.82. The predicted molar refractivity (Wildman–Crippen MR) is 80.0 cm³/mol. The third-order valence-corrected chi connectivity index (χ3v) is 4.02. The second kappa shape index (κ2) is 5.91. The molecular weight excluding hydrogens is 321 g/mol. The predicted octanol–water partition coefficient (Wildman–Crippen LogP) is 2.86. The Hall–Kier alpha value is -2.97. The van der Waals surface area contributed by atoms with Gasteiger partial charge in [-0.2, -0.15) is 0 Å². The van der Waals surface area contributed by atoms with Crippen molar-refractivity contribution in [2.75, 3.05) is 20.2 Å². The third kappa shape index (κ3) is 2.68. The lowest BCUT2D eigenvalue weighted by Crippen LogP contribution is -2.48. The molecule has 2 aromatic rings. The molecule has 8 nitrogen and oxygen atoms in total. The van der Waals surface area contributed by atoms with Gasteiger partial charge in [0.1, 0.15) is 12.1 Å². The van der Waals surface area contributed by atoms with Gasteiger partial charge in [-0.3, -0.25) is 10.1 Å². The summed E-state index contributed by atoms with van der Waals surface area (Å²) in [4.78, 5) is 27.4. The number of oxazole rings is 1. The van der Waals surface area contributed by atoms with E-state index in [9.17, 15) is 19.3 Å². The van der Waals surface area contributed by atoms with Gasteiger partial charge in [-0.05, 0) is 13.0 Å². The van der Waals surface area contributed by atoms with E-state index in [1.165, 1.54) is 31.3 Å². The zero-order valence-electron chi connectivity index (χ0n) is 13.0. The Bertz CT molecular complexity index is 813. The summed E-state index contributed by atoms with van der Waals surface area (Å²) in [5.41, 5.74) is 0.433. The van der Waals surface area contributed by atoms with Crippen molar-refractivity contribution in [3.63, 3.8) is 0 Å². The van der Waals surface area contributed by atoms with Crippen molar-refractivity contribution in [3.05, 3.63) is 45.6 Å². The second-order valence-corrected chi connectivity index (χ2v) is 5.51. The maximum Gasteiger partial charge on any atom is 0.409 e. The van der Waals surface area contributed by atoms with Gasteiger partial charge in [-0.1, -0.05) is 0 Å². The molecule has 1 fully saturated rings. The van der Waals surface area contributed by atoms with Gasteiger partial charge in [0.25, 0.3) is 5.69 Å². The van der Waals surface area contributed by atoms with E-state index in [-0.39, 0.29) is 28.6 Å². The SMILES string of the molecule is COC(=O)N1CC(c2coc(-c3cc(F)c(C)c([N+](=O)[O-])c3)n2)C1. The van der Waals surface area contributed by atoms with Gasteiger partial charge in [0.2, 0.25) is 5.89 Å². The summed E-state index contributed by atoms with van der Waals surface area (Å²) in [6, 6.07) is 2.38. The van der Waals surface area contributed by atoms with Crippen LogP contribution in [0.3, 0.4) is 0 Å². The molecule has 0 radical (unpaired) electrons. The van der Waals surface area contributed by atoms with E-state index in [1.54, 1.807) is 0 Å². The van der Waals surface area contributed by atoms with E-state index in [2.05, 4.69) is 9.72 Å². The Morgan fingerprint density at radius 2 is 2.21 bits per heavy atom. The number of hydrogen-bond acceptors (Lipinski definition) is 6. The lowest BCUT2D eigenvalue weighted by atomic mass is 9.98.